The highest BCUT2D eigenvalue weighted by Gasteiger charge is 2.38. The van der Waals surface area contributed by atoms with Gasteiger partial charge in [-0.3, -0.25) is 0 Å². The first kappa shape index (κ1) is 16.0. The number of carbonyl (C=O) groups is 1. The van der Waals surface area contributed by atoms with Crippen molar-refractivity contribution in [3.8, 4) is 0 Å². The normalized spacial score (nSPS) is 11.3. The van der Waals surface area contributed by atoms with Crippen LogP contribution in [0.1, 0.15) is 21.6 Å². The average Bonchev–Trinajstić information content (AvgIpc) is 2.41. The first-order valence-electron chi connectivity index (χ1n) is 5.89. The third-order valence-electron chi connectivity index (χ3n) is 2.72. The molecule has 0 aliphatic carbocycles. The van der Waals surface area contributed by atoms with Crippen LogP contribution in [0.5, 0.6) is 0 Å². The molecule has 0 fully saturated rings. The van der Waals surface area contributed by atoms with Crippen molar-refractivity contribution in [1.82, 2.24) is 9.97 Å². The number of hydrogen-bond acceptors (Lipinski definition) is 4. The number of alkyl halides is 3. The molecule has 0 amide bonds. The Bertz CT molecular complexity index is 735. The number of nitrogens with one attached hydrogen (secondary N) is 1. The van der Waals surface area contributed by atoms with Gasteiger partial charge in [-0.2, -0.15) is 13.2 Å². The molecule has 0 unspecified atom stereocenters. The van der Waals surface area contributed by atoms with E-state index in [-0.39, 0.29) is 5.95 Å². The lowest BCUT2D eigenvalue weighted by Gasteiger charge is -2.11. The topological polar surface area (TPSA) is 75.1 Å². The first-order chi connectivity index (χ1) is 10.2. The molecular formula is C13H9ClF3N3O2. The predicted molar refractivity (Wildman–Crippen MR) is 73.5 cm³/mol. The van der Waals surface area contributed by atoms with Crippen molar-refractivity contribution in [2.45, 2.75) is 13.1 Å². The lowest BCUT2D eigenvalue weighted by molar-refractivity contribution is -0.141. The summed E-state index contributed by atoms with van der Waals surface area (Å²) in [6.45, 7) is 1.77. The van der Waals surface area contributed by atoms with E-state index in [9.17, 15) is 18.0 Å². The summed E-state index contributed by atoms with van der Waals surface area (Å²) < 4.78 is 38.5. The third-order valence-corrected chi connectivity index (χ3v) is 3.12. The Kier molecular flexibility index (Phi) is 4.23. The molecule has 116 valence electrons. The molecule has 2 aromatic rings. The molecule has 0 saturated heterocycles. The molecule has 5 nitrogen and oxygen atoms in total. The summed E-state index contributed by atoms with van der Waals surface area (Å²) in [5, 5.41) is 11.7. The van der Waals surface area contributed by atoms with Gasteiger partial charge in [-0.1, -0.05) is 17.7 Å². The van der Waals surface area contributed by atoms with E-state index in [0.29, 0.717) is 16.9 Å². The smallest absolute Gasteiger partial charge is 0.434 e. The summed E-state index contributed by atoms with van der Waals surface area (Å²) in [7, 11) is 0. The lowest BCUT2D eigenvalue weighted by Crippen LogP contribution is -2.17. The summed E-state index contributed by atoms with van der Waals surface area (Å²) in [6.07, 6.45) is -4.30. The number of aromatic carboxylic acids is 1. The number of carboxylic acids is 1. The minimum atomic E-state index is -4.90. The van der Waals surface area contributed by atoms with Crippen LogP contribution in [0.4, 0.5) is 24.8 Å². The zero-order valence-corrected chi connectivity index (χ0v) is 11.8. The summed E-state index contributed by atoms with van der Waals surface area (Å²) in [5.74, 6) is -2.13. The first-order valence-corrected chi connectivity index (χ1v) is 6.27. The van der Waals surface area contributed by atoms with Gasteiger partial charge in [0.1, 0.15) is 5.56 Å². The fourth-order valence-electron chi connectivity index (χ4n) is 1.61. The van der Waals surface area contributed by atoms with Crippen LogP contribution < -0.4 is 5.32 Å². The summed E-state index contributed by atoms with van der Waals surface area (Å²) >= 11 is 5.91. The van der Waals surface area contributed by atoms with Crippen LogP contribution in [0.15, 0.2) is 24.4 Å². The Balaban J connectivity index is 2.40. The Morgan fingerprint density at radius 2 is 2.05 bits per heavy atom. The number of benzene rings is 1. The highest BCUT2D eigenvalue weighted by molar-refractivity contribution is 6.31. The molecule has 0 radical (unpaired) electrons. The molecule has 0 aliphatic rings. The van der Waals surface area contributed by atoms with Crippen molar-refractivity contribution >= 4 is 29.2 Å². The number of halogens is 4. The second-order valence-electron chi connectivity index (χ2n) is 4.35. The van der Waals surface area contributed by atoms with Gasteiger partial charge in [-0.15, -0.1) is 0 Å². The summed E-state index contributed by atoms with van der Waals surface area (Å²) in [4.78, 5) is 17.6. The van der Waals surface area contributed by atoms with Crippen molar-refractivity contribution in [2.24, 2.45) is 0 Å². The lowest BCUT2D eigenvalue weighted by atomic mass is 10.2. The predicted octanol–water partition coefficient (Wildman–Crippen LogP) is 3.90. The maximum Gasteiger partial charge on any atom is 0.434 e. The molecule has 0 bridgehead atoms. The van der Waals surface area contributed by atoms with E-state index in [1.165, 1.54) is 6.07 Å². The quantitative estimate of drug-likeness (QED) is 0.892. The van der Waals surface area contributed by atoms with Gasteiger partial charge in [0.05, 0.1) is 0 Å². The van der Waals surface area contributed by atoms with Crippen LogP contribution in [0, 0.1) is 6.92 Å². The van der Waals surface area contributed by atoms with Crippen molar-refractivity contribution in [3.63, 3.8) is 0 Å². The van der Waals surface area contributed by atoms with Crippen LogP contribution in [-0.4, -0.2) is 21.0 Å². The highest BCUT2D eigenvalue weighted by Crippen LogP contribution is 2.31. The van der Waals surface area contributed by atoms with Crippen LogP contribution in [0.2, 0.25) is 5.02 Å². The van der Waals surface area contributed by atoms with Crippen molar-refractivity contribution in [3.05, 3.63) is 46.2 Å². The number of aromatic nitrogens is 2. The van der Waals surface area contributed by atoms with Crippen molar-refractivity contribution in [2.75, 3.05) is 5.32 Å². The minimum Gasteiger partial charge on any atom is -0.478 e. The number of rotatable bonds is 3. The van der Waals surface area contributed by atoms with Gasteiger partial charge in [-0.05, 0) is 24.6 Å². The number of anilines is 2. The number of nitrogens with zero attached hydrogens (tertiary/aromatic N) is 2. The van der Waals surface area contributed by atoms with Gasteiger partial charge in [0.2, 0.25) is 5.95 Å². The summed E-state index contributed by atoms with van der Waals surface area (Å²) in [5.41, 5.74) is -1.35. The van der Waals surface area contributed by atoms with E-state index in [1.54, 1.807) is 19.1 Å². The fraction of sp³-hybridized carbons (Fsp3) is 0.154. The van der Waals surface area contributed by atoms with Gasteiger partial charge >= 0.3 is 12.1 Å². The number of aryl methyl sites for hydroxylation is 1. The molecule has 0 spiro atoms. The summed E-state index contributed by atoms with van der Waals surface area (Å²) in [6, 6.07) is 4.75. The zero-order valence-electron chi connectivity index (χ0n) is 11.1. The Hall–Kier alpha value is -2.35. The van der Waals surface area contributed by atoms with Crippen molar-refractivity contribution in [1.29, 1.82) is 0 Å². The molecule has 9 heteroatoms. The zero-order chi connectivity index (χ0) is 16.5. The van der Waals surface area contributed by atoms with Gasteiger partial charge in [0.15, 0.2) is 5.69 Å². The van der Waals surface area contributed by atoms with E-state index >= 15 is 0 Å². The van der Waals surface area contributed by atoms with Crippen LogP contribution >= 0.6 is 11.6 Å². The van der Waals surface area contributed by atoms with Crippen LogP contribution in [-0.2, 0) is 6.18 Å². The Morgan fingerprint density at radius 1 is 1.36 bits per heavy atom. The third kappa shape index (κ3) is 3.45. The number of hydrogen-bond donors (Lipinski definition) is 2. The second-order valence-corrected chi connectivity index (χ2v) is 4.75. The SMILES string of the molecule is Cc1ccc(Nc2ncc(C(=O)O)c(C(F)(F)F)n2)cc1Cl. The van der Waals surface area contributed by atoms with E-state index in [2.05, 4.69) is 15.3 Å². The molecule has 1 aromatic carbocycles. The van der Waals surface area contributed by atoms with E-state index in [4.69, 9.17) is 16.7 Å². The maximum atomic E-state index is 12.8. The minimum absolute atomic E-state index is 0.378. The van der Waals surface area contributed by atoms with Gasteiger partial charge < -0.3 is 10.4 Å². The van der Waals surface area contributed by atoms with Crippen LogP contribution in [0.25, 0.3) is 0 Å². The maximum absolute atomic E-state index is 12.8. The standard InChI is InChI=1S/C13H9ClF3N3O2/c1-6-2-3-7(4-9(6)14)19-12-18-5-8(11(21)22)10(20-12)13(15,16)17/h2-5H,1H3,(H,21,22)(H,18,19,20). The Morgan fingerprint density at radius 3 is 2.59 bits per heavy atom. The van der Waals surface area contributed by atoms with E-state index in [0.717, 1.165) is 5.56 Å². The second kappa shape index (κ2) is 5.80. The van der Waals surface area contributed by atoms with E-state index in [1.807, 2.05) is 0 Å². The fourth-order valence-corrected chi connectivity index (χ4v) is 1.79. The Labute approximate surface area is 127 Å². The largest absolute Gasteiger partial charge is 0.478 e. The molecular weight excluding hydrogens is 323 g/mol. The number of carboxylic acid groups (broad SMARTS) is 1. The molecule has 2 N–H and O–H groups in total. The molecule has 0 saturated carbocycles. The van der Waals surface area contributed by atoms with Crippen molar-refractivity contribution < 1.29 is 23.1 Å². The van der Waals surface area contributed by atoms with Gasteiger partial charge in [-0.25, -0.2) is 14.8 Å². The monoisotopic (exact) mass is 331 g/mol. The highest BCUT2D eigenvalue weighted by atomic mass is 35.5. The van der Waals surface area contributed by atoms with Gasteiger partial charge in [0, 0.05) is 16.9 Å². The van der Waals surface area contributed by atoms with Crippen LogP contribution in [0.3, 0.4) is 0 Å². The molecule has 2 rings (SSSR count). The molecule has 0 aliphatic heterocycles. The molecule has 1 aromatic heterocycles. The molecule has 22 heavy (non-hydrogen) atoms. The molecule has 1 heterocycles. The van der Waals surface area contributed by atoms with Gasteiger partial charge in [0.25, 0.3) is 0 Å². The van der Waals surface area contributed by atoms with E-state index < -0.39 is 23.4 Å². The average molecular weight is 332 g/mol. The molecule has 0 atom stereocenters.